The third kappa shape index (κ3) is 2.76. The fourth-order valence-corrected chi connectivity index (χ4v) is 2.89. The molecule has 2 aromatic rings. The number of alkyl halides is 1. The first kappa shape index (κ1) is 11.9. The Morgan fingerprint density at radius 3 is 3.00 bits per heavy atom. The van der Waals surface area contributed by atoms with Gasteiger partial charge in [-0.05, 0) is 41.4 Å². The molecule has 1 atom stereocenters. The summed E-state index contributed by atoms with van der Waals surface area (Å²) in [4.78, 5) is 0. The van der Waals surface area contributed by atoms with Crippen molar-refractivity contribution < 1.29 is 0 Å². The summed E-state index contributed by atoms with van der Waals surface area (Å²) in [5, 5.41) is 6.87. The van der Waals surface area contributed by atoms with Gasteiger partial charge in [0.05, 0.1) is 0 Å². The summed E-state index contributed by atoms with van der Waals surface area (Å²) in [6, 6.07) is 9.22. The van der Waals surface area contributed by atoms with Crippen LogP contribution in [0.3, 0.4) is 0 Å². The van der Waals surface area contributed by atoms with E-state index in [1.54, 1.807) is 11.3 Å². The van der Waals surface area contributed by atoms with Crippen molar-refractivity contribution in [3.63, 3.8) is 0 Å². The second-order valence-electron chi connectivity index (χ2n) is 3.91. The van der Waals surface area contributed by atoms with Crippen molar-refractivity contribution in [2.75, 3.05) is 12.4 Å². The Morgan fingerprint density at radius 1 is 1.38 bits per heavy atom. The lowest BCUT2D eigenvalue weighted by Crippen LogP contribution is -2.32. The highest BCUT2D eigenvalue weighted by atomic mass is 35.5. The van der Waals surface area contributed by atoms with E-state index in [0.29, 0.717) is 11.9 Å². The van der Waals surface area contributed by atoms with E-state index < -0.39 is 0 Å². The molecule has 16 heavy (non-hydrogen) atoms. The minimum Gasteiger partial charge on any atom is -0.313 e. The van der Waals surface area contributed by atoms with E-state index in [4.69, 9.17) is 11.6 Å². The maximum Gasteiger partial charge on any atom is 0.0380 e. The Hall–Kier alpha value is -0.570. The Bertz CT molecular complexity index is 452. The normalized spacial score (nSPS) is 13.1. The molecule has 1 unspecified atom stereocenters. The van der Waals surface area contributed by atoms with Crippen molar-refractivity contribution in [1.82, 2.24) is 5.32 Å². The SMILES string of the molecule is CCNC(CCl)Cc1ccc2sccc2c1. The smallest absolute Gasteiger partial charge is 0.0380 e. The van der Waals surface area contributed by atoms with Gasteiger partial charge in [-0.3, -0.25) is 0 Å². The van der Waals surface area contributed by atoms with Crippen molar-refractivity contribution in [2.45, 2.75) is 19.4 Å². The molecule has 1 heterocycles. The molecule has 0 aliphatic carbocycles. The molecule has 0 amide bonds. The van der Waals surface area contributed by atoms with Crippen molar-refractivity contribution >= 4 is 33.0 Å². The van der Waals surface area contributed by atoms with Crippen molar-refractivity contribution in [3.8, 4) is 0 Å². The largest absolute Gasteiger partial charge is 0.313 e. The van der Waals surface area contributed by atoms with E-state index in [1.165, 1.54) is 15.6 Å². The average molecular weight is 254 g/mol. The predicted octanol–water partition coefficient (Wildman–Crippen LogP) is 3.66. The van der Waals surface area contributed by atoms with Gasteiger partial charge in [-0.25, -0.2) is 0 Å². The molecule has 86 valence electrons. The maximum absolute atomic E-state index is 5.93. The molecule has 1 N–H and O–H groups in total. The van der Waals surface area contributed by atoms with Gasteiger partial charge in [-0.15, -0.1) is 22.9 Å². The number of halogens is 1. The number of fused-ring (bicyclic) bond motifs is 1. The lowest BCUT2D eigenvalue weighted by molar-refractivity contribution is 0.570. The second-order valence-corrected chi connectivity index (χ2v) is 5.16. The van der Waals surface area contributed by atoms with Crippen LogP contribution in [0.2, 0.25) is 0 Å². The number of benzene rings is 1. The van der Waals surface area contributed by atoms with Crippen LogP contribution in [0.1, 0.15) is 12.5 Å². The zero-order chi connectivity index (χ0) is 11.4. The van der Waals surface area contributed by atoms with Crippen molar-refractivity contribution in [3.05, 3.63) is 35.2 Å². The molecule has 0 saturated carbocycles. The molecule has 0 spiro atoms. The van der Waals surface area contributed by atoms with Gasteiger partial charge in [0, 0.05) is 16.6 Å². The van der Waals surface area contributed by atoms with Crippen molar-refractivity contribution in [1.29, 1.82) is 0 Å². The van der Waals surface area contributed by atoms with E-state index in [1.807, 2.05) is 0 Å². The molecule has 1 aromatic heterocycles. The Balaban J connectivity index is 2.13. The molecule has 0 fully saturated rings. The molecule has 0 radical (unpaired) electrons. The minimum atomic E-state index is 0.378. The summed E-state index contributed by atoms with van der Waals surface area (Å²) in [5.74, 6) is 0.662. The van der Waals surface area contributed by atoms with Gasteiger partial charge in [-0.2, -0.15) is 0 Å². The van der Waals surface area contributed by atoms with Crippen LogP contribution in [0.4, 0.5) is 0 Å². The predicted molar refractivity (Wildman–Crippen MR) is 73.7 cm³/mol. The van der Waals surface area contributed by atoms with Gasteiger partial charge < -0.3 is 5.32 Å². The summed E-state index contributed by atoms with van der Waals surface area (Å²) in [6.07, 6.45) is 1.00. The Labute approximate surface area is 105 Å². The monoisotopic (exact) mass is 253 g/mol. The summed E-state index contributed by atoms with van der Waals surface area (Å²) >= 11 is 7.72. The zero-order valence-electron chi connectivity index (χ0n) is 9.37. The molecule has 3 heteroatoms. The topological polar surface area (TPSA) is 12.0 Å². The zero-order valence-corrected chi connectivity index (χ0v) is 10.9. The van der Waals surface area contributed by atoms with Crippen LogP contribution in [0.15, 0.2) is 29.6 Å². The minimum absolute atomic E-state index is 0.378. The van der Waals surface area contributed by atoms with Crippen molar-refractivity contribution in [2.24, 2.45) is 0 Å². The number of hydrogen-bond donors (Lipinski definition) is 1. The van der Waals surface area contributed by atoms with E-state index in [0.717, 1.165) is 13.0 Å². The molecule has 1 nitrogen and oxygen atoms in total. The van der Waals surface area contributed by atoms with Gasteiger partial charge in [0.1, 0.15) is 0 Å². The van der Waals surface area contributed by atoms with Crippen LogP contribution in [0.25, 0.3) is 10.1 Å². The highest BCUT2D eigenvalue weighted by molar-refractivity contribution is 7.17. The van der Waals surface area contributed by atoms with Crippen LogP contribution in [-0.2, 0) is 6.42 Å². The highest BCUT2D eigenvalue weighted by Gasteiger charge is 2.07. The summed E-state index contributed by atoms with van der Waals surface area (Å²) in [7, 11) is 0. The summed E-state index contributed by atoms with van der Waals surface area (Å²) in [5.41, 5.74) is 1.36. The Morgan fingerprint density at radius 2 is 2.25 bits per heavy atom. The van der Waals surface area contributed by atoms with Crippen LogP contribution < -0.4 is 5.32 Å². The molecule has 1 aromatic carbocycles. The third-order valence-corrected chi connectivity index (χ3v) is 3.95. The van der Waals surface area contributed by atoms with E-state index >= 15 is 0 Å². The lowest BCUT2D eigenvalue weighted by atomic mass is 10.1. The quantitative estimate of drug-likeness (QED) is 0.802. The number of rotatable bonds is 5. The molecular formula is C13H16ClNS. The van der Waals surface area contributed by atoms with Crippen LogP contribution in [0.5, 0.6) is 0 Å². The number of likely N-dealkylation sites (N-methyl/N-ethyl adjacent to an activating group) is 1. The molecule has 2 rings (SSSR count). The fraction of sp³-hybridized carbons (Fsp3) is 0.385. The first-order valence-corrected chi connectivity index (χ1v) is 7.00. The van der Waals surface area contributed by atoms with E-state index in [-0.39, 0.29) is 0 Å². The second kappa shape index (κ2) is 5.67. The summed E-state index contributed by atoms with van der Waals surface area (Å²) < 4.78 is 1.36. The van der Waals surface area contributed by atoms with Gasteiger partial charge in [0.15, 0.2) is 0 Å². The van der Waals surface area contributed by atoms with Crippen LogP contribution in [-0.4, -0.2) is 18.5 Å². The number of hydrogen-bond acceptors (Lipinski definition) is 2. The van der Waals surface area contributed by atoms with Gasteiger partial charge in [0.25, 0.3) is 0 Å². The molecule has 0 bridgehead atoms. The van der Waals surface area contributed by atoms with Gasteiger partial charge in [-0.1, -0.05) is 19.1 Å². The molecular weight excluding hydrogens is 238 g/mol. The molecule has 0 saturated heterocycles. The maximum atomic E-state index is 5.93. The summed E-state index contributed by atoms with van der Waals surface area (Å²) in [6.45, 7) is 3.08. The first-order valence-electron chi connectivity index (χ1n) is 5.59. The molecule has 0 aliphatic rings. The van der Waals surface area contributed by atoms with Gasteiger partial charge >= 0.3 is 0 Å². The molecule has 0 aliphatic heterocycles. The first-order chi connectivity index (χ1) is 7.83. The Kier molecular flexibility index (Phi) is 4.22. The lowest BCUT2D eigenvalue weighted by Gasteiger charge is -2.14. The average Bonchev–Trinajstić information content (AvgIpc) is 2.75. The van der Waals surface area contributed by atoms with E-state index in [2.05, 4.69) is 41.9 Å². The number of thiophene rings is 1. The van der Waals surface area contributed by atoms with Gasteiger partial charge in [0.2, 0.25) is 0 Å². The fourth-order valence-electron chi connectivity index (χ4n) is 1.90. The van der Waals surface area contributed by atoms with E-state index in [9.17, 15) is 0 Å². The van der Waals surface area contributed by atoms with Crippen LogP contribution in [0, 0.1) is 0 Å². The van der Waals surface area contributed by atoms with Crippen LogP contribution >= 0.6 is 22.9 Å². The number of nitrogens with one attached hydrogen (secondary N) is 1. The third-order valence-electron chi connectivity index (χ3n) is 2.68. The highest BCUT2D eigenvalue weighted by Crippen LogP contribution is 2.22. The standard InChI is InChI=1S/C13H16ClNS/c1-2-15-12(9-14)8-10-3-4-13-11(7-10)5-6-16-13/h3-7,12,15H,2,8-9H2,1H3.